The molecular weight excluding hydrogens is 302 g/mol. The van der Waals surface area contributed by atoms with Crippen LogP contribution < -0.4 is 5.32 Å². The lowest BCUT2D eigenvalue weighted by Crippen LogP contribution is -2.28. The zero-order chi connectivity index (χ0) is 13.7. The predicted molar refractivity (Wildman–Crippen MR) is 80.8 cm³/mol. The van der Waals surface area contributed by atoms with Gasteiger partial charge >= 0.3 is 0 Å². The number of amides is 1. The van der Waals surface area contributed by atoms with E-state index in [2.05, 4.69) is 21.2 Å². The SMILES string of the molecule is CC(NC(=O)Cc1ccccc1)c1cccc(Br)c1. The van der Waals surface area contributed by atoms with E-state index in [-0.39, 0.29) is 11.9 Å². The Hall–Kier alpha value is -1.61. The molecule has 0 spiro atoms. The Bertz CT molecular complexity index is 554. The van der Waals surface area contributed by atoms with Crippen LogP contribution in [0.25, 0.3) is 0 Å². The van der Waals surface area contributed by atoms with Gasteiger partial charge in [0.2, 0.25) is 5.91 Å². The molecule has 2 rings (SSSR count). The summed E-state index contributed by atoms with van der Waals surface area (Å²) >= 11 is 3.44. The van der Waals surface area contributed by atoms with Crippen LogP contribution in [0.5, 0.6) is 0 Å². The van der Waals surface area contributed by atoms with Crippen molar-refractivity contribution in [3.63, 3.8) is 0 Å². The van der Waals surface area contributed by atoms with Gasteiger partial charge in [0.05, 0.1) is 12.5 Å². The molecule has 1 atom stereocenters. The van der Waals surface area contributed by atoms with Crippen LogP contribution in [0, 0.1) is 0 Å². The summed E-state index contributed by atoms with van der Waals surface area (Å²) in [6, 6.07) is 17.8. The normalized spacial score (nSPS) is 11.9. The number of carbonyl (C=O) groups is 1. The molecule has 2 aromatic rings. The van der Waals surface area contributed by atoms with Crippen molar-refractivity contribution in [1.29, 1.82) is 0 Å². The number of carbonyl (C=O) groups excluding carboxylic acids is 1. The molecule has 0 saturated heterocycles. The first kappa shape index (κ1) is 13.8. The minimum absolute atomic E-state index is 0.00807. The van der Waals surface area contributed by atoms with Crippen molar-refractivity contribution in [3.05, 3.63) is 70.2 Å². The van der Waals surface area contributed by atoms with Crippen LogP contribution in [0.1, 0.15) is 24.1 Å². The van der Waals surface area contributed by atoms with Crippen LogP contribution in [-0.4, -0.2) is 5.91 Å². The molecule has 0 heterocycles. The standard InChI is InChI=1S/C16H16BrNO/c1-12(14-8-5-9-15(17)11-14)18-16(19)10-13-6-3-2-4-7-13/h2-9,11-12H,10H2,1H3,(H,18,19). The fourth-order valence-corrected chi connectivity index (χ4v) is 2.35. The molecule has 0 aliphatic heterocycles. The van der Waals surface area contributed by atoms with E-state index in [1.54, 1.807) is 0 Å². The van der Waals surface area contributed by atoms with E-state index >= 15 is 0 Å². The van der Waals surface area contributed by atoms with E-state index in [9.17, 15) is 4.79 Å². The fourth-order valence-electron chi connectivity index (χ4n) is 1.93. The maximum atomic E-state index is 12.0. The highest BCUT2D eigenvalue weighted by atomic mass is 79.9. The van der Waals surface area contributed by atoms with Gasteiger partial charge in [-0.25, -0.2) is 0 Å². The number of halogens is 1. The molecule has 1 amide bonds. The van der Waals surface area contributed by atoms with Gasteiger partial charge in [-0.15, -0.1) is 0 Å². The summed E-state index contributed by atoms with van der Waals surface area (Å²) in [5.74, 6) is 0.0404. The van der Waals surface area contributed by atoms with E-state index in [0.29, 0.717) is 6.42 Å². The maximum Gasteiger partial charge on any atom is 0.224 e. The van der Waals surface area contributed by atoms with Gasteiger partial charge in [0, 0.05) is 4.47 Å². The Kier molecular flexibility index (Phi) is 4.74. The average Bonchev–Trinajstić information content (AvgIpc) is 2.39. The Balaban J connectivity index is 1.95. The highest BCUT2D eigenvalue weighted by Gasteiger charge is 2.10. The largest absolute Gasteiger partial charge is 0.349 e. The number of nitrogens with one attached hydrogen (secondary N) is 1. The van der Waals surface area contributed by atoms with E-state index in [4.69, 9.17) is 0 Å². The van der Waals surface area contributed by atoms with Gasteiger partial charge in [0.1, 0.15) is 0 Å². The summed E-state index contributed by atoms with van der Waals surface area (Å²) in [6.07, 6.45) is 0.416. The van der Waals surface area contributed by atoms with Crippen LogP contribution in [0.2, 0.25) is 0 Å². The van der Waals surface area contributed by atoms with Crippen molar-refractivity contribution >= 4 is 21.8 Å². The third-order valence-corrected chi connectivity index (χ3v) is 3.43. The van der Waals surface area contributed by atoms with Crippen molar-refractivity contribution in [2.75, 3.05) is 0 Å². The molecule has 0 aliphatic rings. The summed E-state index contributed by atoms with van der Waals surface area (Å²) < 4.78 is 1.02. The molecule has 0 bridgehead atoms. The van der Waals surface area contributed by atoms with Crippen molar-refractivity contribution in [2.45, 2.75) is 19.4 Å². The molecule has 0 aromatic heterocycles. The minimum atomic E-state index is 0.00807. The molecule has 19 heavy (non-hydrogen) atoms. The van der Waals surface area contributed by atoms with Gasteiger partial charge in [-0.2, -0.15) is 0 Å². The lowest BCUT2D eigenvalue weighted by Gasteiger charge is -2.14. The second-order valence-electron chi connectivity index (χ2n) is 4.51. The third-order valence-electron chi connectivity index (χ3n) is 2.93. The second kappa shape index (κ2) is 6.53. The highest BCUT2D eigenvalue weighted by molar-refractivity contribution is 9.10. The van der Waals surface area contributed by atoms with E-state index in [0.717, 1.165) is 15.6 Å². The molecule has 0 fully saturated rings. The predicted octanol–water partition coefficient (Wildman–Crippen LogP) is 3.87. The first-order chi connectivity index (χ1) is 9.15. The van der Waals surface area contributed by atoms with Crippen LogP contribution in [0.4, 0.5) is 0 Å². The van der Waals surface area contributed by atoms with E-state index < -0.39 is 0 Å². The van der Waals surface area contributed by atoms with Gasteiger partial charge in [-0.05, 0) is 30.2 Å². The summed E-state index contributed by atoms with van der Waals surface area (Å²) in [7, 11) is 0. The number of benzene rings is 2. The van der Waals surface area contributed by atoms with E-state index in [1.807, 2.05) is 61.5 Å². The Morgan fingerprint density at radius 2 is 1.89 bits per heavy atom. The van der Waals surface area contributed by atoms with Crippen LogP contribution in [-0.2, 0) is 11.2 Å². The molecule has 1 N–H and O–H groups in total. The van der Waals surface area contributed by atoms with Crippen LogP contribution >= 0.6 is 15.9 Å². The minimum Gasteiger partial charge on any atom is -0.349 e. The second-order valence-corrected chi connectivity index (χ2v) is 5.42. The molecular formula is C16H16BrNO. The smallest absolute Gasteiger partial charge is 0.224 e. The number of rotatable bonds is 4. The molecule has 2 aromatic carbocycles. The summed E-state index contributed by atoms with van der Waals surface area (Å²) in [5, 5.41) is 3.01. The average molecular weight is 318 g/mol. The fraction of sp³-hybridized carbons (Fsp3) is 0.188. The maximum absolute atomic E-state index is 12.0. The Morgan fingerprint density at radius 3 is 2.58 bits per heavy atom. The lowest BCUT2D eigenvalue weighted by molar-refractivity contribution is -0.121. The van der Waals surface area contributed by atoms with Crippen molar-refractivity contribution < 1.29 is 4.79 Å². The van der Waals surface area contributed by atoms with E-state index in [1.165, 1.54) is 0 Å². The van der Waals surface area contributed by atoms with Crippen molar-refractivity contribution in [3.8, 4) is 0 Å². The monoisotopic (exact) mass is 317 g/mol. The number of hydrogen-bond acceptors (Lipinski definition) is 1. The highest BCUT2D eigenvalue weighted by Crippen LogP contribution is 2.17. The molecule has 3 heteroatoms. The number of hydrogen-bond donors (Lipinski definition) is 1. The topological polar surface area (TPSA) is 29.1 Å². The van der Waals surface area contributed by atoms with Crippen molar-refractivity contribution in [2.24, 2.45) is 0 Å². The Morgan fingerprint density at radius 1 is 1.16 bits per heavy atom. The van der Waals surface area contributed by atoms with Gasteiger partial charge in [-0.3, -0.25) is 4.79 Å². The van der Waals surface area contributed by atoms with Gasteiger partial charge in [-0.1, -0.05) is 58.4 Å². The van der Waals surface area contributed by atoms with Gasteiger partial charge in [0.25, 0.3) is 0 Å². The van der Waals surface area contributed by atoms with Gasteiger partial charge in [0.15, 0.2) is 0 Å². The summed E-state index contributed by atoms with van der Waals surface area (Å²) in [6.45, 7) is 1.99. The molecule has 98 valence electrons. The van der Waals surface area contributed by atoms with Crippen LogP contribution in [0.3, 0.4) is 0 Å². The lowest BCUT2D eigenvalue weighted by atomic mass is 10.1. The molecule has 0 saturated carbocycles. The summed E-state index contributed by atoms with van der Waals surface area (Å²) in [5.41, 5.74) is 2.12. The zero-order valence-corrected chi connectivity index (χ0v) is 12.4. The van der Waals surface area contributed by atoms with Gasteiger partial charge < -0.3 is 5.32 Å². The zero-order valence-electron chi connectivity index (χ0n) is 10.8. The molecule has 1 unspecified atom stereocenters. The molecule has 0 aliphatic carbocycles. The van der Waals surface area contributed by atoms with Crippen LogP contribution in [0.15, 0.2) is 59.1 Å². The first-order valence-corrected chi connectivity index (χ1v) is 7.03. The van der Waals surface area contributed by atoms with Crippen molar-refractivity contribution in [1.82, 2.24) is 5.32 Å². The first-order valence-electron chi connectivity index (χ1n) is 6.24. The quantitative estimate of drug-likeness (QED) is 0.911. The molecule has 2 nitrogen and oxygen atoms in total. The Labute approximate surface area is 122 Å². The third kappa shape index (κ3) is 4.21. The summed E-state index contributed by atoms with van der Waals surface area (Å²) in [4.78, 5) is 12.0. The molecule has 0 radical (unpaired) electrons.